The molecule has 0 aromatic carbocycles. The van der Waals surface area contributed by atoms with Gasteiger partial charge in [0.15, 0.2) is 0 Å². The van der Waals surface area contributed by atoms with E-state index >= 15 is 0 Å². The summed E-state index contributed by atoms with van der Waals surface area (Å²) in [5, 5.41) is 12.3. The Labute approximate surface area is 123 Å². The summed E-state index contributed by atoms with van der Waals surface area (Å²) in [7, 11) is 0. The van der Waals surface area contributed by atoms with Gasteiger partial charge in [0, 0.05) is 18.8 Å². The van der Waals surface area contributed by atoms with Gasteiger partial charge < -0.3 is 10.4 Å². The number of nitrogens with one attached hydrogen (secondary N) is 1. The lowest BCUT2D eigenvalue weighted by atomic mass is 9.73. The monoisotopic (exact) mass is 303 g/mol. The van der Waals surface area contributed by atoms with Gasteiger partial charge in [0.05, 0.1) is 0 Å². The van der Waals surface area contributed by atoms with Crippen LogP contribution in [0.1, 0.15) is 58.3 Å². The highest BCUT2D eigenvalue weighted by atomic mass is 19.3. The summed E-state index contributed by atoms with van der Waals surface area (Å²) in [6.45, 7) is 1.84. The molecule has 2 atom stereocenters. The van der Waals surface area contributed by atoms with E-state index in [1.807, 2.05) is 6.92 Å². The molecule has 2 unspecified atom stereocenters. The fourth-order valence-electron chi connectivity index (χ4n) is 3.53. The lowest BCUT2D eigenvalue weighted by molar-refractivity contribution is -0.153. The normalized spacial score (nSPS) is 33.4. The minimum Gasteiger partial charge on any atom is -0.479 e. The maximum atomic E-state index is 13.1. The van der Waals surface area contributed by atoms with Crippen molar-refractivity contribution < 1.29 is 23.5 Å². The maximum absolute atomic E-state index is 13.1. The Balaban J connectivity index is 2.04. The molecule has 0 bridgehead atoms. The molecule has 0 aromatic rings. The molecule has 0 aliphatic heterocycles. The summed E-state index contributed by atoms with van der Waals surface area (Å²) in [4.78, 5) is 24.0. The van der Waals surface area contributed by atoms with Crippen LogP contribution in [0.15, 0.2) is 0 Å². The van der Waals surface area contributed by atoms with Crippen molar-refractivity contribution in [3.05, 3.63) is 0 Å². The molecular weight excluding hydrogens is 280 g/mol. The molecule has 1 amide bonds. The summed E-state index contributed by atoms with van der Waals surface area (Å²) >= 11 is 0. The molecule has 2 fully saturated rings. The van der Waals surface area contributed by atoms with Crippen LogP contribution >= 0.6 is 0 Å². The summed E-state index contributed by atoms with van der Waals surface area (Å²) in [5.74, 6) is -4.70. The van der Waals surface area contributed by atoms with E-state index in [4.69, 9.17) is 0 Å². The van der Waals surface area contributed by atoms with Crippen molar-refractivity contribution in [2.45, 2.75) is 69.8 Å². The SMILES string of the molecule is CC1CCCCC1(NC(=O)C1CCC(F)(F)CC1)C(=O)O. The van der Waals surface area contributed by atoms with Crippen molar-refractivity contribution in [2.24, 2.45) is 11.8 Å². The van der Waals surface area contributed by atoms with Crippen molar-refractivity contribution in [2.75, 3.05) is 0 Å². The third-order valence-corrected chi connectivity index (χ3v) is 5.12. The number of rotatable bonds is 3. The lowest BCUT2D eigenvalue weighted by Crippen LogP contribution is -2.61. The Hall–Kier alpha value is -1.20. The highest BCUT2D eigenvalue weighted by Crippen LogP contribution is 2.38. The van der Waals surface area contributed by atoms with E-state index in [0.29, 0.717) is 6.42 Å². The van der Waals surface area contributed by atoms with Crippen LogP contribution in [0.5, 0.6) is 0 Å². The molecule has 2 aliphatic carbocycles. The standard InChI is InChI=1S/C15H23F2NO3/c1-10-4-2-3-7-15(10,13(20)21)18-12(19)11-5-8-14(16,17)9-6-11/h10-11H,2-9H2,1H3,(H,18,19)(H,20,21). The van der Waals surface area contributed by atoms with Gasteiger partial charge in [0.2, 0.25) is 11.8 Å². The molecule has 6 heteroatoms. The third-order valence-electron chi connectivity index (χ3n) is 5.12. The Bertz CT molecular complexity index is 417. The van der Waals surface area contributed by atoms with Crippen LogP contribution in [-0.4, -0.2) is 28.4 Å². The number of carbonyl (C=O) groups is 2. The van der Waals surface area contributed by atoms with Crippen LogP contribution < -0.4 is 5.32 Å². The first-order chi connectivity index (χ1) is 9.77. The molecule has 2 N–H and O–H groups in total. The van der Waals surface area contributed by atoms with E-state index in [1.54, 1.807) is 0 Å². The van der Waals surface area contributed by atoms with Crippen molar-refractivity contribution in [1.29, 1.82) is 0 Å². The highest BCUT2D eigenvalue weighted by Gasteiger charge is 2.48. The number of amides is 1. The minimum atomic E-state index is -2.68. The molecule has 4 nitrogen and oxygen atoms in total. The predicted octanol–water partition coefficient (Wildman–Crippen LogP) is 2.96. The number of carboxylic acid groups (broad SMARTS) is 1. The average Bonchev–Trinajstić information content (AvgIpc) is 2.41. The zero-order valence-corrected chi connectivity index (χ0v) is 12.3. The van der Waals surface area contributed by atoms with Crippen molar-refractivity contribution in [3.8, 4) is 0 Å². The topological polar surface area (TPSA) is 66.4 Å². The smallest absolute Gasteiger partial charge is 0.329 e. The second-order valence-electron chi connectivity index (χ2n) is 6.54. The van der Waals surface area contributed by atoms with Gasteiger partial charge in [-0.15, -0.1) is 0 Å². The zero-order valence-electron chi connectivity index (χ0n) is 12.3. The molecule has 0 spiro atoms. The molecule has 0 radical (unpaired) electrons. The van der Waals surface area contributed by atoms with E-state index in [9.17, 15) is 23.5 Å². The summed E-state index contributed by atoms with van der Waals surface area (Å²) in [6, 6.07) is 0. The number of halogens is 2. The first-order valence-corrected chi connectivity index (χ1v) is 7.70. The highest BCUT2D eigenvalue weighted by molar-refractivity contribution is 5.88. The molecule has 21 heavy (non-hydrogen) atoms. The molecule has 2 saturated carbocycles. The predicted molar refractivity (Wildman–Crippen MR) is 73.0 cm³/mol. The van der Waals surface area contributed by atoms with Crippen LogP contribution in [-0.2, 0) is 9.59 Å². The van der Waals surface area contributed by atoms with Gasteiger partial charge in [-0.2, -0.15) is 0 Å². The number of alkyl halides is 2. The van der Waals surface area contributed by atoms with Gasteiger partial charge >= 0.3 is 5.97 Å². The molecule has 2 aliphatic rings. The summed E-state index contributed by atoms with van der Waals surface area (Å²) in [6.07, 6.45) is 2.57. The van der Waals surface area contributed by atoms with E-state index < -0.39 is 23.3 Å². The zero-order chi connectivity index (χ0) is 15.7. The van der Waals surface area contributed by atoms with Gasteiger partial charge in [-0.1, -0.05) is 19.8 Å². The van der Waals surface area contributed by atoms with Crippen molar-refractivity contribution in [3.63, 3.8) is 0 Å². The van der Waals surface area contributed by atoms with E-state index in [1.165, 1.54) is 0 Å². The molecule has 0 saturated heterocycles. The molecule has 0 aromatic heterocycles. The van der Waals surface area contributed by atoms with Crippen LogP contribution in [0, 0.1) is 11.8 Å². The van der Waals surface area contributed by atoms with Gasteiger partial charge in [0.25, 0.3) is 0 Å². The third kappa shape index (κ3) is 3.35. The van der Waals surface area contributed by atoms with Gasteiger partial charge in [0.1, 0.15) is 5.54 Å². The maximum Gasteiger partial charge on any atom is 0.329 e. The van der Waals surface area contributed by atoms with Crippen LogP contribution in [0.2, 0.25) is 0 Å². The Morgan fingerprint density at radius 1 is 1.10 bits per heavy atom. The largest absolute Gasteiger partial charge is 0.479 e. The van der Waals surface area contributed by atoms with Crippen molar-refractivity contribution >= 4 is 11.9 Å². The first-order valence-electron chi connectivity index (χ1n) is 7.70. The van der Waals surface area contributed by atoms with Gasteiger partial charge in [-0.25, -0.2) is 13.6 Å². The molecule has 0 heterocycles. The number of carboxylic acids is 1. The van der Waals surface area contributed by atoms with Crippen LogP contribution in [0.4, 0.5) is 8.78 Å². The van der Waals surface area contributed by atoms with E-state index in [0.717, 1.165) is 19.3 Å². The van der Waals surface area contributed by atoms with E-state index in [2.05, 4.69) is 5.32 Å². The number of hydrogen-bond donors (Lipinski definition) is 2. The average molecular weight is 303 g/mol. The Morgan fingerprint density at radius 2 is 1.71 bits per heavy atom. The lowest BCUT2D eigenvalue weighted by Gasteiger charge is -2.41. The van der Waals surface area contributed by atoms with Crippen LogP contribution in [0.25, 0.3) is 0 Å². The fraction of sp³-hybridized carbons (Fsp3) is 0.867. The number of aliphatic carboxylic acids is 1. The fourth-order valence-corrected chi connectivity index (χ4v) is 3.53. The molecule has 120 valence electrons. The van der Waals surface area contributed by atoms with Crippen LogP contribution in [0.3, 0.4) is 0 Å². The number of carbonyl (C=O) groups excluding carboxylic acids is 1. The van der Waals surface area contributed by atoms with Gasteiger partial charge in [-0.3, -0.25) is 4.79 Å². The Kier molecular flexibility index (Phi) is 4.54. The minimum absolute atomic E-state index is 0.128. The van der Waals surface area contributed by atoms with Crippen molar-refractivity contribution in [1.82, 2.24) is 5.32 Å². The van der Waals surface area contributed by atoms with E-state index in [-0.39, 0.29) is 37.5 Å². The summed E-state index contributed by atoms with van der Waals surface area (Å²) < 4.78 is 26.3. The Morgan fingerprint density at radius 3 is 2.24 bits per heavy atom. The quantitative estimate of drug-likeness (QED) is 0.842. The summed E-state index contributed by atoms with van der Waals surface area (Å²) in [5.41, 5.74) is -1.23. The molecular formula is C15H23F2NO3. The first kappa shape index (κ1) is 16.2. The second kappa shape index (κ2) is 5.89. The van der Waals surface area contributed by atoms with Gasteiger partial charge in [-0.05, 0) is 31.6 Å². The number of hydrogen-bond acceptors (Lipinski definition) is 2. The molecule has 2 rings (SSSR count). The second-order valence-corrected chi connectivity index (χ2v) is 6.54.